The summed E-state index contributed by atoms with van der Waals surface area (Å²) in [7, 11) is 1.00. The summed E-state index contributed by atoms with van der Waals surface area (Å²) < 4.78 is 73.1. The molecule has 1 rings (SSSR count). The summed E-state index contributed by atoms with van der Waals surface area (Å²) in [5, 5.41) is 7.00. The second-order valence-corrected chi connectivity index (χ2v) is 3.03. The van der Waals surface area contributed by atoms with Crippen molar-refractivity contribution in [3.63, 3.8) is 0 Å². The first-order valence-corrected chi connectivity index (χ1v) is 4.32. The van der Waals surface area contributed by atoms with E-state index in [2.05, 4.69) is 0 Å². The van der Waals surface area contributed by atoms with Crippen molar-refractivity contribution in [1.82, 2.24) is 0 Å². The van der Waals surface area contributed by atoms with E-state index in [4.69, 9.17) is 5.11 Å². The van der Waals surface area contributed by atoms with E-state index >= 15 is 0 Å². The van der Waals surface area contributed by atoms with Gasteiger partial charge in [-0.05, 0) is 24.6 Å². The molecule has 0 unspecified atom stereocenters. The van der Waals surface area contributed by atoms with Gasteiger partial charge < -0.3 is 5.11 Å². The molecule has 0 aromatic heterocycles. The van der Waals surface area contributed by atoms with Crippen LogP contribution in [0.3, 0.4) is 0 Å². The third-order valence-electron chi connectivity index (χ3n) is 1.87. The fourth-order valence-corrected chi connectivity index (χ4v) is 1.10. The van der Waals surface area contributed by atoms with Crippen molar-refractivity contribution in [1.29, 1.82) is 0 Å². The number of aliphatic hydroxyl groups is 1. The third-order valence-corrected chi connectivity index (χ3v) is 1.87. The molecule has 1 aromatic rings. The molecule has 0 bridgehead atoms. The van der Waals surface area contributed by atoms with Crippen LogP contribution in [0.2, 0.25) is 0 Å². The van der Waals surface area contributed by atoms with Gasteiger partial charge >= 0.3 is 12.4 Å². The van der Waals surface area contributed by atoms with E-state index in [9.17, 15) is 26.3 Å². The highest BCUT2D eigenvalue weighted by atomic mass is 19.4. The van der Waals surface area contributed by atoms with Crippen LogP contribution in [0.4, 0.5) is 26.3 Å². The van der Waals surface area contributed by atoms with Crippen LogP contribution in [-0.2, 0) is 12.4 Å². The standard InChI is InChI=1S/C9H6F6.CH4O/c1-5-2-3-6(8(10,11)12)4-7(5)9(13,14)15;1-2/h2-4H,1H3;2H,1H3. The van der Waals surface area contributed by atoms with E-state index in [0.717, 1.165) is 20.1 Å². The lowest BCUT2D eigenvalue weighted by Crippen LogP contribution is -2.12. The Balaban J connectivity index is 0.00000121. The Kier molecular flexibility index (Phi) is 5.00. The Morgan fingerprint density at radius 1 is 0.882 bits per heavy atom. The minimum absolute atomic E-state index is 0.120. The zero-order valence-electron chi connectivity index (χ0n) is 8.95. The molecule has 1 nitrogen and oxygen atoms in total. The molecule has 0 saturated heterocycles. The number of halogens is 6. The molecule has 7 heteroatoms. The van der Waals surface area contributed by atoms with Gasteiger partial charge in [-0.2, -0.15) is 26.3 Å². The fourth-order valence-electron chi connectivity index (χ4n) is 1.10. The summed E-state index contributed by atoms with van der Waals surface area (Å²) in [4.78, 5) is 0. The van der Waals surface area contributed by atoms with Crippen molar-refractivity contribution in [2.75, 3.05) is 7.11 Å². The second kappa shape index (κ2) is 5.39. The molecule has 0 spiro atoms. The molecule has 0 aliphatic carbocycles. The quantitative estimate of drug-likeness (QED) is 0.706. The Labute approximate surface area is 93.7 Å². The molecule has 1 aromatic carbocycles. The molecule has 0 amide bonds. The van der Waals surface area contributed by atoms with Gasteiger partial charge in [-0.1, -0.05) is 6.07 Å². The van der Waals surface area contributed by atoms with E-state index in [1.165, 1.54) is 0 Å². The van der Waals surface area contributed by atoms with Gasteiger partial charge in [-0.25, -0.2) is 0 Å². The van der Waals surface area contributed by atoms with Crippen molar-refractivity contribution >= 4 is 0 Å². The average Bonchev–Trinajstić information content (AvgIpc) is 2.17. The third kappa shape index (κ3) is 4.26. The van der Waals surface area contributed by atoms with Gasteiger partial charge in [0.1, 0.15) is 0 Å². The molecule has 98 valence electrons. The Bertz CT molecular complexity index is 366. The summed E-state index contributed by atoms with van der Waals surface area (Å²) in [5.41, 5.74) is -2.77. The van der Waals surface area contributed by atoms with Gasteiger partial charge in [0, 0.05) is 7.11 Å². The maximum absolute atomic E-state index is 12.2. The summed E-state index contributed by atoms with van der Waals surface area (Å²) in [5.74, 6) is 0. The number of hydrogen-bond acceptors (Lipinski definition) is 1. The van der Waals surface area contributed by atoms with E-state index in [0.29, 0.717) is 6.07 Å². The maximum atomic E-state index is 12.2. The van der Waals surface area contributed by atoms with E-state index in [-0.39, 0.29) is 11.6 Å². The molecule has 0 aliphatic rings. The highest BCUT2D eigenvalue weighted by Gasteiger charge is 2.37. The second-order valence-electron chi connectivity index (χ2n) is 3.03. The highest BCUT2D eigenvalue weighted by Crippen LogP contribution is 2.36. The van der Waals surface area contributed by atoms with Crippen molar-refractivity contribution in [3.05, 3.63) is 34.9 Å². The van der Waals surface area contributed by atoms with E-state index in [1.807, 2.05) is 0 Å². The first-order chi connectivity index (χ1) is 7.62. The Morgan fingerprint density at radius 2 is 1.35 bits per heavy atom. The summed E-state index contributed by atoms with van der Waals surface area (Å²) in [6.07, 6.45) is -9.51. The predicted octanol–water partition coefficient (Wildman–Crippen LogP) is 3.64. The van der Waals surface area contributed by atoms with Gasteiger partial charge in [0.2, 0.25) is 0 Å². The number of hydrogen-bond donors (Lipinski definition) is 1. The molecule has 0 fully saturated rings. The first kappa shape index (κ1) is 15.8. The number of rotatable bonds is 0. The zero-order chi connectivity index (χ0) is 13.9. The molecule has 0 radical (unpaired) electrons. The van der Waals surface area contributed by atoms with Gasteiger partial charge in [-0.15, -0.1) is 0 Å². The predicted molar refractivity (Wildman–Crippen MR) is 49.3 cm³/mol. The monoisotopic (exact) mass is 260 g/mol. The van der Waals surface area contributed by atoms with Crippen molar-refractivity contribution in [2.24, 2.45) is 0 Å². The minimum Gasteiger partial charge on any atom is -0.400 e. The van der Waals surface area contributed by atoms with Gasteiger partial charge in [0.15, 0.2) is 0 Å². The smallest absolute Gasteiger partial charge is 0.400 e. The van der Waals surface area contributed by atoms with E-state index in [1.54, 1.807) is 0 Å². The normalized spacial score (nSPS) is 11.8. The van der Waals surface area contributed by atoms with Crippen LogP contribution in [0.15, 0.2) is 18.2 Å². The van der Waals surface area contributed by atoms with Crippen LogP contribution >= 0.6 is 0 Å². The summed E-state index contributed by atoms with van der Waals surface area (Å²) in [6.45, 7) is 1.11. The van der Waals surface area contributed by atoms with Crippen molar-refractivity contribution in [3.8, 4) is 0 Å². The van der Waals surface area contributed by atoms with Gasteiger partial charge in [-0.3, -0.25) is 0 Å². The van der Waals surface area contributed by atoms with Crippen LogP contribution in [0.25, 0.3) is 0 Å². The molecule has 0 heterocycles. The molecule has 0 saturated carbocycles. The van der Waals surface area contributed by atoms with Crippen LogP contribution < -0.4 is 0 Å². The van der Waals surface area contributed by atoms with E-state index < -0.39 is 23.5 Å². The van der Waals surface area contributed by atoms with Crippen LogP contribution in [0, 0.1) is 6.92 Å². The molecule has 17 heavy (non-hydrogen) atoms. The summed E-state index contributed by atoms with van der Waals surface area (Å²) >= 11 is 0. The molecular weight excluding hydrogens is 250 g/mol. The molecule has 1 N–H and O–H groups in total. The lowest BCUT2D eigenvalue weighted by Gasteiger charge is -2.13. The topological polar surface area (TPSA) is 20.2 Å². The highest BCUT2D eigenvalue weighted by molar-refractivity contribution is 5.34. The lowest BCUT2D eigenvalue weighted by atomic mass is 10.0. The zero-order valence-corrected chi connectivity index (χ0v) is 8.95. The Hall–Kier alpha value is -1.24. The first-order valence-electron chi connectivity index (χ1n) is 4.32. The van der Waals surface area contributed by atoms with Crippen LogP contribution in [0.1, 0.15) is 16.7 Å². The molecule has 0 aliphatic heterocycles. The fraction of sp³-hybridized carbons (Fsp3) is 0.400. The summed E-state index contributed by atoms with van der Waals surface area (Å²) in [6, 6.07) is 1.56. The molecule has 0 atom stereocenters. The van der Waals surface area contributed by atoms with Crippen LogP contribution in [-0.4, -0.2) is 12.2 Å². The average molecular weight is 260 g/mol. The van der Waals surface area contributed by atoms with Gasteiger partial charge in [0.25, 0.3) is 0 Å². The number of aryl methyl sites for hydroxylation is 1. The minimum atomic E-state index is -4.76. The number of aliphatic hydroxyl groups excluding tert-OH is 1. The van der Waals surface area contributed by atoms with Crippen molar-refractivity contribution < 1.29 is 31.4 Å². The SMILES string of the molecule is CO.Cc1ccc(C(F)(F)F)cc1C(F)(F)F. The van der Waals surface area contributed by atoms with Gasteiger partial charge in [0.05, 0.1) is 11.1 Å². The number of benzene rings is 1. The largest absolute Gasteiger partial charge is 0.416 e. The number of alkyl halides is 6. The Morgan fingerprint density at radius 3 is 1.71 bits per heavy atom. The van der Waals surface area contributed by atoms with Crippen molar-refractivity contribution in [2.45, 2.75) is 19.3 Å². The van der Waals surface area contributed by atoms with Crippen LogP contribution in [0.5, 0.6) is 0 Å². The molecular formula is C10H10F6O. The maximum Gasteiger partial charge on any atom is 0.416 e. The lowest BCUT2D eigenvalue weighted by molar-refractivity contribution is -0.143.